The van der Waals surface area contributed by atoms with Gasteiger partial charge in [0, 0.05) is 24.5 Å². The van der Waals surface area contributed by atoms with Crippen LogP contribution in [0.4, 0.5) is 5.82 Å². The van der Waals surface area contributed by atoms with Crippen molar-refractivity contribution in [3.63, 3.8) is 0 Å². The van der Waals surface area contributed by atoms with Gasteiger partial charge in [0.2, 0.25) is 5.91 Å². The lowest BCUT2D eigenvalue weighted by atomic mass is 10.2. The van der Waals surface area contributed by atoms with Crippen LogP contribution in [0.1, 0.15) is 12.8 Å². The molecule has 1 saturated heterocycles. The van der Waals surface area contributed by atoms with E-state index in [-0.39, 0.29) is 5.91 Å². The van der Waals surface area contributed by atoms with E-state index in [9.17, 15) is 4.79 Å². The second-order valence-electron chi connectivity index (χ2n) is 6.07. The number of nitrogens with zero attached hydrogens (tertiary/aromatic N) is 3. The number of hydrogen-bond donors (Lipinski definition) is 1. The zero-order valence-corrected chi connectivity index (χ0v) is 14.2. The van der Waals surface area contributed by atoms with Crippen LogP contribution in [0.15, 0.2) is 29.4 Å². The number of anilines is 1. The van der Waals surface area contributed by atoms with Gasteiger partial charge in [0.15, 0.2) is 5.16 Å². The molecule has 2 heterocycles. The molecule has 0 radical (unpaired) electrons. The second-order valence-corrected chi connectivity index (χ2v) is 7.01. The molecular formula is C17H20N4O2S. The third kappa shape index (κ3) is 3.62. The summed E-state index contributed by atoms with van der Waals surface area (Å²) in [7, 11) is 0. The van der Waals surface area contributed by atoms with Gasteiger partial charge in [-0.1, -0.05) is 23.9 Å². The first-order valence-corrected chi connectivity index (χ1v) is 9.30. The van der Waals surface area contributed by atoms with Crippen LogP contribution in [-0.4, -0.2) is 58.9 Å². The summed E-state index contributed by atoms with van der Waals surface area (Å²) in [5.74, 6) is 1.36. The molecule has 7 heteroatoms. The molecule has 1 aromatic heterocycles. The maximum Gasteiger partial charge on any atom is 0.233 e. The van der Waals surface area contributed by atoms with Gasteiger partial charge < -0.3 is 15.0 Å². The van der Waals surface area contributed by atoms with E-state index >= 15 is 0 Å². The molecule has 0 unspecified atom stereocenters. The highest BCUT2D eigenvalue weighted by atomic mass is 32.2. The summed E-state index contributed by atoms with van der Waals surface area (Å²) in [5.41, 5.74) is 0.914. The van der Waals surface area contributed by atoms with Crippen molar-refractivity contribution in [2.24, 2.45) is 0 Å². The molecule has 2 aromatic rings. The van der Waals surface area contributed by atoms with Crippen LogP contribution in [0.25, 0.3) is 10.9 Å². The van der Waals surface area contributed by atoms with Gasteiger partial charge in [-0.25, -0.2) is 9.97 Å². The van der Waals surface area contributed by atoms with Crippen molar-refractivity contribution in [1.82, 2.24) is 14.9 Å². The number of carbonyl (C=O) groups is 1. The molecule has 1 amide bonds. The Morgan fingerprint density at radius 1 is 1.25 bits per heavy atom. The maximum atomic E-state index is 12.3. The number of thioether (sulfide) groups is 1. The Morgan fingerprint density at radius 2 is 2.04 bits per heavy atom. The molecule has 0 spiro atoms. The predicted molar refractivity (Wildman–Crippen MR) is 94.3 cm³/mol. The average molecular weight is 344 g/mol. The number of ether oxygens (including phenoxy) is 1. The molecule has 1 N–H and O–H groups in total. The fourth-order valence-electron chi connectivity index (χ4n) is 2.68. The smallest absolute Gasteiger partial charge is 0.233 e. The lowest BCUT2D eigenvalue weighted by molar-refractivity contribution is -0.132. The molecule has 1 aliphatic heterocycles. The Balaban J connectivity index is 1.49. The van der Waals surface area contributed by atoms with Gasteiger partial charge in [0.25, 0.3) is 0 Å². The van der Waals surface area contributed by atoms with Crippen molar-refractivity contribution in [3.05, 3.63) is 24.3 Å². The summed E-state index contributed by atoms with van der Waals surface area (Å²) in [6, 6.07) is 8.52. The molecule has 0 bridgehead atoms. The molecule has 4 rings (SSSR count). The number of carbonyl (C=O) groups excluding carboxylic acids is 1. The van der Waals surface area contributed by atoms with Gasteiger partial charge >= 0.3 is 0 Å². The highest BCUT2D eigenvalue weighted by Crippen LogP contribution is 2.29. The molecule has 1 aromatic carbocycles. The quantitative estimate of drug-likeness (QED) is 0.662. The number of para-hydroxylation sites is 1. The molecule has 6 nitrogen and oxygen atoms in total. The van der Waals surface area contributed by atoms with Gasteiger partial charge in [-0.3, -0.25) is 4.79 Å². The van der Waals surface area contributed by atoms with Crippen molar-refractivity contribution in [1.29, 1.82) is 0 Å². The maximum absolute atomic E-state index is 12.3. The summed E-state index contributed by atoms with van der Waals surface area (Å²) in [6.07, 6.45) is 2.38. The van der Waals surface area contributed by atoms with Crippen LogP contribution in [-0.2, 0) is 9.53 Å². The van der Waals surface area contributed by atoms with E-state index in [2.05, 4.69) is 15.3 Å². The molecular weight excluding hydrogens is 324 g/mol. The van der Waals surface area contributed by atoms with Gasteiger partial charge in [-0.15, -0.1) is 0 Å². The van der Waals surface area contributed by atoms with E-state index in [1.54, 1.807) is 0 Å². The number of aromatic nitrogens is 2. The largest absolute Gasteiger partial charge is 0.378 e. The van der Waals surface area contributed by atoms with Crippen LogP contribution in [0.3, 0.4) is 0 Å². The first-order chi connectivity index (χ1) is 11.8. The number of morpholine rings is 1. The monoisotopic (exact) mass is 344 g/mol. The Hall–Kier alpha value is -1.86. The fourth-order valence-corrected chi connectivity index (χ4v) is 3.44. The lowest BCUT2D eigenvalue weighted by Crippen LogP contribution is -2.41. The number of benzene rings is 1. The molecule has 1 saturated carbocycles. The van der Waals surface area contributed by atoms with Crippen molar-refractivity contribution in [2.45, 2.75) is 24.0 Å². The first-order valence-electron chi connectivity index (χ1n) is 8.31. The van der Waals surface area contributed by atoms with E-state index in [0.717, 1.165) is 16.7 Å². The van der Waals surface area contributed by atoms with E-state index in [1.807, 2.05) is 29.2 Å². The van der Waals surface area contributed by atoms with Gasteiger partial charge in [0.1, 0.15) is 5.82 Å². The summed E-state index contributed by atoms with van der Waals surface area (Å²) >= 11 is 1.40. The van der Waals surface area contributed by atoms with Crippen LogP contribution >= 0.6 is 11.8 Å². The fraction of sp³-hybridized carbons (Fsp3) is 0.471. The van der Waals surface area contributed by atoms with Crippen LogP contribution in [0.5, 0.6) is 0 Å². The number of rotatable bonds is 5. The SMILES string of the molecule is O=C(CSc1nc(NC2CC2)c2ccccc2n1)N1CCOCC1. The van der Waals surface area contributed by atoms with E-state index < -0.39 is 0 Å². The molecule has 2 aliphatic rings. The lowest BCUT2D eigenvalue weighted by Gasteiger charge is -2.26. The minimum Gasteiger partial charge on any atom is -0.378 e. The van der Waals surface area contributed by atoms with Crippen LogP contribution in [0.2, 0.25) is 0 Å². The van der Waals surface area contributed by atoms with Crippen LogP contribution < -0.4 is 5.32 Å². The summed E-state index contributed by atoms with van der Waals surface area (Å²) < 4.78 is 5.29. The van der Waals surface area contributed by atoms with E-state index in [4.69, 9.17) is 4.74 Å². The van der Waals surface area contributed by atoms with Gasteiger partial charge in [-0.2, -0.15) is 0 Å². The number of amides is 1. The minimum absolute atomic E-state index is 0.122. The third-order valence-corrected chi connectivity index (χ3v) is 5.02. The molecule has 24 heavy (non-hydrogen) atoms. The summed E-state index contributed by atoms with van der Waals surface area (Å²) in [6.45, 7) is 2.59. The third-order valence-electron chi connectivity index (χ3n) is 4.19. The highest BCUT2D eigenvalue weighted by Gasteiger charge is 2.23. The zero-order valence-electron chi connectivity index (χ0n) is 13.4. The Bertz CT molecular complexity index is 744. The Kier molecular flexibility index (Phi) is 4.53. The molecule has 0 atom stereocenters. The molecule has 2 fully saturated rings. The first kappa shape index (κ1) is 15.7. The molecule has 126 valence electrons. The van der Waals surface area contributed by atoms with Crippen molar-refractivity contribution < 1.29 is 9.53 Å². The topological polar surface area (TPSA) is 67.4 Å². The number of hydrogen-bond acceptors (Lipinski definition) is 6. The minimum atomic E-state index is 0.122. The van der Waals surface area contributed by atoms with E-state index in [1.165, 1.54) is 24.6 Å². The van der Waals surface area contributed by atoms with Gasteiger partial charge in [0.05, 0.1) is 24.5 Å². The zero-order chi connectivity index (χ0) is 16.4. The van der Waals surface area contributed by atoms with Crippen LogP contribution in [0, 0.1) is 0 Å². The van der Waals surface area contributed by atoms with Gasteiger partial charge in [-0.05, 0) is 25.0 Å². The number of nitrogens with one attached hydrogen (secondary N) is 1. The molecule has 1 aliphatic carbocycles. The summed E-state index contributed by atoms with van der Waals surface area (Å²) in [4.78, 5) is 23.4. The highest BCUT2D eigenvalue weighted by molar-refractivity contribution is 7.99. The summed E-state index contributed by atoms with van der Waals surface area (Å²) in [5, 5.41) is 5.16. The Labute approximate surface area is 145 Å². The normalized spacial score (nSPS) is 17.9. The van der Waals surface area contributed by atoms with Crippen molar-refractivity contribution >= 4 is 34.4 Å². The van der Waals surface area contributed by atoms with E-state index in [0.29, 0.717) is 43.3 Å². The average Bonchev–Trinajstić information content (AvgIpc) is 3.44. The Morgan fingerprint density at radius 3 is 2.83 bits per heavy atom. The second kappa shape index (κ2) is 6.94. The number of fused-ring (bicyclic) bond motifs is 1. The van der Waals surface area contributed by atoms with Crippen molar-refractivity contribution in [3.8, 4) is 0 Å². The predicted octanol–water partition coefficient (Wildman–Crippen LogP) is 2.16. The van der Waals surface area contributed by atoms with Crippen molar-refractivity contribution in [2.75, 3.05) is 37.4 Å². The standard InChI is InChI=1S/C17H20N4O2S/c22-15(21-7-9-23-10-8-21)11-24-17-19-14-4-2-1-3-13(14)16(20-17)18-12-5-6-12/h1-4,12H,5-11H2,(H,18,19,20).